The second-order valence-electron chi connectivity index (χ2n) is 7.10. The molecule has 0 spiro atoms. The lowest BCUT2D eigenvalue weighted by Crippen LogP contribution is -2.17. The monoisotopic (exact) mass is 488 g/mol. The van der Waals surface area contributed by atoms with Crippen molar-refractivity contribution in [1.29, 1.82) is 0 Å². The SMILES string of the molecule is Cc1nn(-c2ccccc2)c(C)c1-c1cc(C(=O)N/N=C/C(Br)=C/c2ccccc2)[nH]n1. The number of allylic oxidation sites excluding steroid dienone is 1. The standard InChI is InChI=1S/C24H21BrN6O/c1-16-23(17(2)31(30-16)20-11-7-4-8-12-20)21-14-22(28-27-21)24(32)29-26-15-19(25)13-18-9-5-3-6-10-18/h3-15H,1-2H3,(H,27,28)(H,29,32)/b19-13-,26-15+. The number of nitrogens with zero attached hydrogens (tertiary/aromatic N) is 4. The lowest BCUT2D eigenvalue weighted by Gasteiger charge is -2.04. The number of hydrazone groups is 1. The summed E-state index contributed by atoms with van der Waals surface area (Å²) in [4.78, 5) is 12.5. The molecule has 2 heterocycles. The zero-order chi connectivity index (χ0) is 22.5. The number of carbonyl (C=O) groups excluding carboxylic acids is 1. The van der Waals surface area contributed by atoms with Crippen LogP contribution in [0, 0.1) is 13.8 Å². The fourth-order valence-electron chi connectivity index (χ4n) is 3.36. The van der Waals surface area contributed by atoms with Gasteiger partial charge in [-0.2, -0.15) is 15.3 Å². The number of aromatic amines is 1. The minimum atomic E-state index is -0.384. The van der Waals surface area contributed by atoms with Crippen LogP contribution in [0.15, 0.2) is 76.3 Å². The molecule has 32 heavy (non-hydrogen) atoms. The van der Waals surface area contributed by atoms with E-state index in [4.69, 9.17) is 0 Å². The first-order chi connectivity index (χ1) is 15.5. The van der Waals surface area contributed by atoms with Gasteiger partial charge in [-0.25, -0.2) is 10.1 Å². The summed E-state index contributed by atoms with van der Waals surface area (Å²) in [6, 6.07) is 21.4. The summed E-state index contributed by atoms with van der Waals surface area (Å²) in [5.41, 5.74) is 8.13. The number of para-hydroxylation sites is 1. The van der Waals surface area contributed by atoms with Crippen LogP contribution in [-0.2, 0) is 0 Å². The van der Waals surface area contributed by atoms with Crippen LogP contribution in [0.2, 0.25) is 0 Å². The van der Waals surface area contributed by atoms with Crippen LogP contribution in [-0.4, -0.2) is 32.1 Å². The smallest absolute Gasteiger partial charge is 0.272 e. The highest BCUT2D eigenvalue weighted by Gasteiger charge is 2.18. The Morgan fingerprint density at radius 2 is 1.78 bits per heavy atom. The first-order valence-electron chi connectivity index (χ1n) is 9.96. The van der Waals surface area contributed by atoms with Crippen molar-refractivity contribution in [2.75, 3.05) is 0 Å². The number of aryl methyl sites for hydroxylation is 1. The molecule has 0 bridgehead atoms. The summed E-state index contributed by atoms with van der Waals surface area (Å²) in [5.74, 6) is -0.384. The number of halogens is 1. The number of hydrogen-bond donors (Lipinski definition) is 2. The van der Waals surface area contributed by atoms with Gasteiger partial charge in [-0.05, 0) is 59.6 Å². The van der Waals surface area contributed by atoms with E-state index in [0.29, 0.717) is 11.4 Å². The second kappa shape index (κ2) is 9.57. The predicted octanol–water partition coefficient (Wildman–Crippen LogP) is 5.03. The molecular weight excluding hydrogens is 468 g/mol. The molecule has 4 rings (SSSR count). The van der Waals surface area contributed by atoms with E-state index in [-0.39, 0.29) is 5.91 Å². The van der Waals surface area contributed by atoms with Crippen molar-refractivity contribution in [2.24, 2.45) is 5.10 Å². The topological polar surface area (TPSA) is 88.0 Å². The fourth-order valence-corrected chi connectivity index (χ4v) is 3.73. The summed E-state index contributed by atoms with van der Waals surface area (Å²) < 4.78 is 2.61. The Labute approximate surface area is 194 Å². The molecule has 1 amide bonds. The Kier molecular flexibility index (Phi) is 6.42. The third-order valence-electron chi connectivity index (χ3n) is 4.83. The highest BCUT2D eigenvalue weighted by atomic mass is 79.9. The van der Waals surface area contributed by atoms with Crippen LogP contribution < -0.4 is 5.43 Å². The highest BCUT2D eigenvalue weighted by Crippen LogP contribution is 2.27. The van der Waals surface area contributed by atoms with E-state index < -0.39 is 0 Å². The Balaban J connectivity index is 1.48. The molecular formula is C24H21BrN6O. The molecule has 2 N–H and O–H groups in total. The summed E-state index contributed by atoms with van der Waals surface area (Å²) in [6.07, 6.45) is 3.43. The van der Waals surface area contributed by atoms with Crippen molar-refractivity contribution in [2.45, 2.75) is 13.8 Å². The molecule has 0 aliphatic heterocycles. The zero-order valence-electron chi connectivity index (χ0n) is 17.6. The molecule has 0 fully saturated rings. The molecule has 2 aromatic heterocycles. The van der Waals surface area contributed by atoms with E-state index in [1.165, 1.54) is 6.21 Å². The number of nitrogens with one attached hydrogen (secondary N) is 2. The molecule has 2 aromatic carbocycles. The van der Waals surface area contributed by atoms with E-state index in [1.807, 2.05) is 85.3 Å². The number of amides is 1. The van der Waals surface area contributed by atoms with E-state index in [1.54, 1.807) is 6.07 Å². The van der Waals surface area contributed by atoms with Crippen molar-refractivity contribution < 1.29 is 4.79 Å². The number of H-pyrrole nitrogens is 1. The summed E-state index contributed by atoms with van der Waals surface area (Å²) in [7, 11) is 0. The quantitative estimate of drug-likeness (QED) is 0.294. The fraction of sp³-hybridized carbons (Fsp3) is 0.0833. The Morgan fingerprint density at radius 3 is 2.50 bits per heavy atom. The predicted molar refractivity (Wildman–Crippen MR) is 130 cm³/mol. The van der Waals surface area contributed by atoms with E-state index in [0.717, 1.165) is 32.7 Å². The summed E-state index contributed by atoms with van der Waals surface area (Å²) >= 11 is 3.42. The van der Waals surface area contributed by atoms with Crippen molar-refractivity contribution in [3.05, 3.63) is 93.9 Å². The largest absolute Gasteiger partial charge is 0.289 e. The summed E-state index contributed by atoms with van der Waals surface area (Å²) in [5, 5.41) is 15.8. The molecule has 8 heteroatoms. The third kappa shape index (κ3) is 4.76. The molecule has 160 valence electrons. The number of carbonyl (C=O) groups is 1. The van der Waals surface area contributed by atoms with Crippen LogP contribution in [0.5, 0.6) is 0 Å². The second-order valence-corrected chi connectivity index (χ2v) is 8.01. The zero-order valence-corrected chi connectivity index (χ0v) is 19.2. The van der Waals surface area contributed by atoms with Crippen LogP contribution in [0.1, 0.15) is 27.4 Å². The normalized spacial score (nSPS) is 11.8. The molecule has 0 radical (unpaired) electrons. The molecule has 0 saturated carbocycles. The average molecular weight is 489 g/mol. The van der Waals surface area contributed by atoms with Crippen molar-refractivity contribution >= 4 is 34.1 Å². The number of benzene rings is 2. The van der Waals surface area contributed by atoms with Crippen molar-refractivity contribution in [3.63, 3.8) is 0 Å². The molecule has 0 unspecified atom stereocenters. The molecule has 0 saturated heterocycles. The molecule has 4 aromatic rings. The average Bonchev–Trinajstić information content (AvgIpc) is 3.39. The van der Waals surface area contributed by atoms with Crippen LogP contribution in [0.4, 0.5) is 0 Å². The minimum Gasteiger partial charge on any atom is -0.272 e. The van der Waals surface area contributed by atoms with Gasteiger partial charge < -0.3 is 0 Å². The molecule has 7 nitrogen and oxygen atoms in total. The van der Waals surface area contributed by atoms with Gasteiger partial charge in [-0.3, -0.25) is 9.89 Å². The van der Waals surface area contributed by atoms with Crippen molar-refractivity contribution in [3.8, 4) is 16.9 Å². The van der Waals surface area contributed by atoms with E-state index in [9.17, 15) is 4.79 Å². The third-order valence-corrected chi connectivity index (χ3v) is 5.26. The van der Waals surface area contributed by atoms with Gasteiger partial charge in [0.2, 0.25) is 0 Å². The Morgan fingerprint density at radius 1 is 1.09 bits per heavy atom. The lowest BCUT2D eigenvalue weighted by molar-refractivity contribution is 0.0950. The van der Waals surface area contributed by atoms with Gasteiger partial charge in [-0.1, -0.05) is 48.5 Å². The first-order valence-corrected chi connectivity index (χ1v) is 10.8. The van der Waals surface area contributed by atoms with Gasteiger partial charge in [-0.15, -0.1) is 0 Å². The minimum absolute atomic E-state index is 0.312. The maximum Gasteiger partial charge on any atom is 0.289 e. The summed E-state index contributed by atoms with van der Waals surface area (Å²) in [6.45, 7) is 3.91. The maximum absolute atomic E-state index is 12.5. The Bertz CT molecular complexity index is 1290. The molecule has 0 atom stereocenters. The van der Waals surface area contributed by atoms with Crippen molar-refractivity contribution in [1.82, 2.24) is 25.4 Å². The van der Waals surface area contributed by atoms with Crippen LogP contribution in [0.25, 0.3) is 23.0 Å². The van der Waals surface area contributed by atoms with Gasteiger partial charge in [0.1, 0.15) is 5.69 Å². The maximum atomic E-state index is 12.5. The van der Waals surface area contributed by atoms with Gasteiger partial charge in [0.15, 0.2) is 0 Å². The molecule has 0 aliphatic rings. The van der Waals surface area contributed by atoms with Crippen LogP contribution >= 0.6 is 15.9 Å². The van der Waals surface area contributed by atoms with Gasteiger partial charge in [0.25, 0.3) is 5.91 Å². The number of hydrogen-bond acceptors (Lipinski definition) is 4. The Hall–Kier alpha value is -3.78. The van der Waals surface area contributed by atoms with E-state index >= 15 is 0 Å². The number of aromatic nitrogens is 4. The van der Waals surface area contributed by atoms with Gasteiger partial charge in [0, 0.05) is 10.0 Å². The highest BCUT2D eigenvalue weighted by molar-refractivity contribution is 9.12. The first kappa shape index (κ1) is 21.5. The van der Waals surface area contributed by atoms with Crippen LogP contribution in [0.3, 0.4) is 0 Å². The lowest BCUT2D eigenvalue weighted by atomic mass is 10.1. The molecule has 0 aliphatic carbocycles. The number of rotatable bonds is 6. The van der Waals surface area contributed by atoms with Gasteiger partial charge >= 0.3 is 0 Å². The van der Waals surface area contributed by atoms with Gasteiger partial charge in [0.05, 0.1) is 29.0 Å². The van der Waals surface area contributed by atoms with E-state index in [2.05, 4.69) is 41.8 Å².